The number of nitrogens with zero attached hydrogens (tertiary/aromatic N) is 4. The molecule has 2 aliphatic rings. The third-order valence-electron chi connectivity index (χ3n) is 6.54. The first-order valence-corrected chi connectivity index (χ1v) is 11.9. The number of alkyl halides is 1. The number of hydrogen-bond acceptors (Lipinski definition) is 7. The molecule has 0 aliphatic carbocycles. The van der Waals surface area contributed by atoms with E-state index >= 15 is 0 Å². The number of carbonyl (C=O) groups is 3. The molecular formula is C25H27FN6O5. The zero-order valence-corrected chi connectivity index (χ0v) is 20.4. The van der Waals surface area contributed by atoms with E-state index in [9.17, 15) is 23.9 Å². The fourth-order valence-corrected chi connectivity index (χ4v) is 4.35. The largest absolute Gasteiger partial charge is 0.491 e. The lowest BCUT2D eigenvalue weighted by Gasteiger charge is -2.26. The Kier molecular flexibility index (Phi) is 6.28. The van der Waals surface area contributed by atoms with Crippen LogP contribution in [0.4, 0.5) is 10.1 Å². The summed E-state index contributed by atoms with van der Waals surface area (Å²) < 4.78 is 22.0. The number of ether oxygens (including phenoxy) is 1. The molecule has 2 atom stereocenters. The van der Waals surface area contributed by atoms with E-state index in [2.05, 4.69) is 20.7 Å². The van der Waals surface area contributed by atoms with E-state index in [4.69, 9.17) is 4.74 Å². The lowest BCUT2D eigenvalue weighted by Crippen LogP contribution is -2.42. The average Bonchev–Trinajstić information content (AvgIpc) is 3.54. The predicted octanol–water partition coefficient (Wildman–Crippen LogP) is 1.56. The Balaban J connectivity index is 1.42. The highest BCUT2D eigenvalue weighted by molar-refractivity contribution is 6.09. The SMILES string of the molecule is CC(C)(O)C(F)CN1Cc2cc(NC(=O)c3cnn4cccnc34)c(OC[C@H]3CNC(=O)C3)cc2C1=O. The van der Waals surface area contributed by atoms with Crippen molar-refractivity contribution in [2.75, 3.05) is 25.0 Å². The van der Waals surface area contributed by atoms with Gasteiger partial charge in [-0.1, -0.05) is 0 Å². The highest BCUT2D eigenvalue weighted by atomic mass is 19.1. The van der Waals surface area contributed by atoms with Crippen molar-refractivity contribution >= 4 is 29.1 Å². The molecule has 1 fully saturated rings. The molecule has 0 radical (unpaired) electrons. The summed E-state index contributed by atoms with van der Waals surface area (Å²) in [7, 11) is 0. The van der Waals surface area contributed by atoms with Gasteiger partial charge in [0.1, 0.15) is 17.5 Å². The van der Waals surface area contributed by atoms with Gasteiger partial charge in [0.15, 0.2) is 5.65 Å². The third-order valence-corrected chi connectivity index (χ3v) is 6.54. The first-order chi connectivity index (χ1) is 17.6. The first-order valence-electron chi connectivity index (χ1n) is 11.9. The molecule has 194 valence electrons. The zero-order chi connectivity index (χ0) is 26.3. The Morgan fingerprint density at radius 2 is 2.19 bits per heavy atom. The van der Waals surface area contributed by atoms with Gasteiger partial charge < -0.3 is 25.4 Å². The zero-order valence-electron chi connectivity index (χ0n) is 20.4. The lowest BCUT2D eigenvalue weighted by molar-refractivity contribution is -0.119. The number of anilines is 1. The normalized spacial score (nSPS) is 18.2. The summed E-state index contributed by atoms with van der Waals surface area (Å²) >= 11 is 0. The summed E-state index contributed by atoms with van der Waals surface area (Å²) in [6.45, 7) is 3.21. The molecule has 2 aromatic heterocycles. The molecule has 1 unspecified atom stereocenters. The number of nitrogens with one attached hydrogen (secondary N) is 2. The van der Waals surface area contributed by atoms with Crippen molar-refractivity contribution in [2.24, 2.45) is 5.92 Å². The predicted molar refractivity (Wildman–Crippen MR) is 130 cm³/mol. The Hall–Kier alpha value is -4.06. The fraction of sp³-hybridized carbons (Fsp3) is 0.400. The van der Waals surface area contributed by atoms with Crippen LogP contribution in [0.15, 0.2) is 36.8 Å². The van der Waals surface area contributed by atoms with Crippen LogP contribution in [0.5, 0.6) is 5.75 Å². The van der Waals surface area contributed by atoms with E-state index < -0.39 is 23.6 Å². The van der Waals surface area contributed by atoms with Crippen molar-refractivity contribution in [3.8, 4) is 5.75 Å². The van der Waals surface area contributed by atoms with Crippen LogP contribution < -0.4 is 15.4 Å². The standard InChI is InChI=1S/C25H27FN6O5/c1-25(2,36)20(26)12-31-11-15-7-18(30-23(34)17-10-29-32-5-3-4-27-22(17)32)19(8-16(15)24(31)35)37-13-14-6-21(33)28-9-14/h3-5,7-8,10,14,20,36H,6,9,11-13H2,1-2H3,(H,28,33)(H,30,34)/t14-,20?/m1/s1. The minimum absolute atomic E-state index is 0.0561. The minimum atomic E-state index is -1.64. The Labute approximate surface area is 211 Å². The Morgan fingerprint density at radius 3 is 2.92 bits per heavy atom. The highest BCUT2D eigenvalue weighted by Gasteiger charge is 2.35. The number of halogens is 1. The van der Waals surface area contributed by atoms with Crippen LogP contribution in [0.1, 0.15) is 46.5 Å². The molecule has 3 amide bonds. The molecule has 4 heterocycles. The number of benzene rings is 1. The van der Waals surface area contributed by atoms with Crippen molar-refractivity contribution in [2.45, 2.75) is 38.6 Å². The summed E-state index contributed by atoms with van der Waals surface area (Å²) in [6.07, 6.45) is 3.32. The van der Waals surface area contributed by atoms with Gasteiger partial charge in [-0.3, -0.25) is 14.4 Å². The molecule has 5 rings (SSSR count). The van der Waals surface area contributed by atoms with Crippen LogP contribution in [0.2, 0.25) is 0 Å². The van der Waals surface area contributed by atoms with Gasteiger partial charge >= 0.3 is 0 Å². The van der Waals surface area contributed by atoms with Gasteiger partial charge in [-0.15, -0.1) is 0 Å². The molecule has 2 aliphatic heterocycles. The maximum atomic E-state index is 14.5. The molecular weight excluding hydrogens is 483 g/mol. The second-order valence-corrected chi connectivity index (χ2v) is 9.90. The molecule has 3 aromatic rings. The first kappa shape index (κ1) is 24.6. The van der Waals surface area contributed by atoms with Crippen molar-refractivity contribution in [3.05, 3.63) is 53.5 Å². The second kappa shape index (κ2) is 9.43. The van der Waals surface area contributed by atoms with Gasteiger partial charge in [0.05, 0.1) is 30.6 Å². The monoisotopic (exact) mass is 510 g/mol. The van der Waals surface area contributed by atoms with Gasteiger partial charge in [-0.2, -0.15) is 5.10 Å². The van der Waals surface area contributed by atoms with Crippen LogP contribution in [0, 0.1) is 5.92 Å². The summed E-state index contributed by atoms with van der Waals surface area (Å²) in [5.41, 5.74) is 0.269. The lowest BCUT2D eigenvalue weighted by atomic mass is 10.0. The Morgan fingerprint density at radius 1 is 1.38 bits per heavy atom. The maximum Gasteiger partial charge on any atom is 0.261 e. The van der Waals surface area contributed by atoms with Crippen molar-refractivity contribution in [1.82, 2.24) is 24.8 Å². The van der Waals surface area contributed by atoms with Crippen molar-refractivity contribution < 1.29 is 28.6 Å². The summed E-state index contributed by atoms with van der Waals surface area (Å²) in [5.74, 6) is -0.725. The molecule has 12 heteroatoms. The number of aliphatic hydroxyl groups is 1. The van der Waals surface area contributed by atoms with Gasteiger partial charge in [0.25, 0.3) is 11.8 Å². The molecule has 1 aromatic carbocycles. The molecule has 37 heavy (non-hydrogen) atoms. The van der Waals surface area contributed by atoms with E-state index in [1.54, 1.807) is 24.5 Å². The number of aromatic nitrogens is 3. The quantitative estimate of drug-likeness (QED) is 0.418. The molecule has 3 N–H and O–H groups in total. The number of fused-ring (bicyclic) bond motifs is 2. The number of hydrogen-bond donors (Lipinski definition) is 3. The summed E-state index contributed by atoms with van der Waals surface area (Å²) in [5, 5.41) is 19.7. The van der Waals surface area contributed by atoms with E-state index in [0.29, 0.717) is 35.4 Å². The average molecular weight is 511 g/mol. The van der Waals surface area contributed by atoms with E-state index in [0.717, 1.165) is 0 Å². The molecule has 0 saturated carbocycles. The number of rotatable bonds is 8. The van der Waals surface area contributed by atoms with E-state index in [-0.39, 0.29) is 42.8 Å². The fourth-order valence-electron chi connectivity index (χ4n) is 4.35. The Bertz CT molecular complexity index is 1380. The topological polar surface area (TPSA) is 138 Å². The van der Waals surface area contributed by atoms with Gasteiger partial charge in [0.2, 0.25) is 5.91 Å². The van der Waals surface area contributed by atoms with Crippen LogP contribution >= 0.6 is 0 Å². The maximum absolute atomic E-state index is 14.5. The van der Waals surface area contributed by atoms with Gasteiger partial charge in [0, 0.05) is 43.4 Å². The van der Waals surface area contributed by atoms with Gasteiger partial charge in [-0.25, -0.2) is 13.9 Å². The van der Waals surface area contributed by atoms with Crippen LogP contribution in [-0.4, -0.2) is 73.8 Å². The second-order valence-electron chi connectivity index (χ2n) is 9.90. The van der Waals surface area contributed by atoms with Crippen LogP contribution in [-0.2, 0) is 11.3 Å². The van der Waals surface area contributed by atoms with Crippen molar-refractivity contribution in [3.63, 3.8) is 0 Å². The van der Waals surface area contributed by atoms with Crippen LogP contribution in [0.3, 0.4) is 0 Å². The van der Waals surface area contributed by atoms with E-state index in [1.165, 1.54) is 35.5 Å². The highest BCUT2D eigenvalue weighted by Crippen LogP contribution is 2.35. The van der Waals surface area contributed by atoms with Crippen molar-refractivity contribution in [1.29, 1.82) is 0 Å². The van der Waals surface area contributed by atoms with Gasteiger partial charge in [-0.05, 0) is 37.6 Å². The smallest absolute Gasteiger partial charge is 0.261 e. The number of carbonyl (C=O) groups excluding carboxylic acids is 3. The molecule has 0 bridgehead atoms. The van der Waals surface area contributed by atoms with Crippen LogP contribution in [0.25, 0.3) is 5.65 Å². The summed E-state index contributed by atoms with van der Waals surface area (Å²) in [4.78, 5) is 43.3. The minimum Gasteiger partial charge on any atom is -0.491 e. The molecule has 11 nitrogen and oxygen atoms in total. The summed E-state index contributed by atoms with van der Waals surface area (Å²) in [6, 6.07) is 4.86. The number of amides is 3. The third kappa shape index (κ3) is 4.96. The molecule has 0 spiro atoms. The van der Waals surface area contributed by atoms with E-state index in [1.807, 2.05) is 0 Å². The molecule has 1 saturated heterocycles.